The lowest BCUT2D eigenvalue weighted by molar-refractivity contribution is -0.122. The number of fused-ring (bicyclic) bond motifs is 1. The fraction of sp³-hybridized carbons (Fsp3) is 0.0909. The predicted molar refractivity (Wildman–Crippen MR) is 119 cm³/mol. The van der Waals surface area contributed by atoms with Crippen molar-refractivity contribution >= 4 is 45.5 Å². The molecular weight excluding hydrogens is 418 g/mol. The Balaban J connectivity index is 0.000000858. The molecule has 0 atom stereocenters. The number of amides is 2. The minimum absolute atomic E-state index is 0.222. The fourth-order valence-corrected chi connectivity index (χ4v) is 3.74. The zero-order valence-electron chi connectivity index (χ0n) is 16.7. The molecule has 2 aromatic carbocycles. The lowest BCUT2D eigenvalue weighted by atomic mass is 10.1. The van der Waals surface area contributed by atoms with E-state index in [1.807, 2.05) is 31.2 Å². The van der Waals surface area contributed by atoms with Crippen LogP contribution in [0.4, 0.5) is 5.69 Å². The number of aromatic nitrogens is 1. The number of carbonyl (C=O) groups is 3. The number of rotatable bonds is 4. The lowest BCUT2D eigenvalue weighted by Crippen LogP contribution is -2.16. The van der Waals surface area contributed by atoms with Gasteiger partial charge in [0.25, 0.3) is 18.3 Å². The Morgan fingerprint density at radius 3 is 2.61 bits per heavy atom. The van der Waals surface area contributed by atoms with Crippen LogP contribution in [0.5, 0.6) is 0 Å². The maximum atomic E-state index is 12.7. The molecule has 8 nitrogen and oxygen atoms in total. The second kappa shape index (κ2) is 9.68. The minimum Gasteiger partial charge on any atom is -0.483 e. The van der Waals surface area contributed by atoms with Gasteiger partial charge in [0.15, 0.2) is 5.76 Å². The highest BCUT2D eigenvalue weighted by atomic mass is 32.1. The van der Waals surface area contributed by atoms with Crippen LogP contribution in [0, 0.1) is 6.92 Å². The van der Waals surface area contributed by atoms with Gasteiger partial charge in [-0.1, -0.05) is 12.1 Å². The standard InChI is InChI=1S/C21H17N3O3S.CH2O2/c1-12-23-16-7-6-15(11-19(16)28-12)24-20(25)14-5-3-4-13(10-14)17-8-9-18(27-17)21(26)22-2;2-1-3/h3-11H,1-2H3,(H,22,26)(H,24,25);1H,(H,2,3). The molecule has 31 heavy (non-hydrogen) atoms. The summed E-state index contributed by atoms with van der Waals surface area (Å²) in [6.45, 7) is 1.71. The van der Waals surface area contributed by atoms with Crippen LogP contribution in [0.1, 0.15) is 25.9 Å². The number of benzene rings is 2. The number of hydrogen-bond acceptors (Lipinski definition) is 6. The van der Waals surface area contributed by atoms with Gasteiger partial charge in [-0.15, -0.1) is 11.3 Å². The van der Waals surface area contributed by atoms with Gasteiger partial charge in [0, 0.05) is 23.9 Å². The molecule has 9 heteroatoms. The number of aryl methyl sites for hydroxylation is 1. The molecule has 0 bridgehead atoms. The number of hydrogen-bond donors (Lipinski definition) is 3. The normalized spacial score (nSPS) is 10.1. The number of nitrogens with zero attached hydrogens (tertiary/aromatic N) is 1. The van der Waals surface area contributed by atoms with Crippen molar-refractivity contribution in [3.8, 4) is 11.3 Å². The van der Waals surface area contributed by atoms with Crippen molar-refractivity contribution in [2.75, 3.05) is 12.4 Å². The summed E-state index contributed by atoms with van der Waals surface area (Å²) in [4.78, 5) is 37.1. The van der Waals surface area contributed by atoms with Crippen LogP contribution in [0.2, 0.25) is 0 Å². The lowest BCUT2D eigenvalue weighted by Gasteiger charge is -2.06. The van der Waals surface area contributed by atoms with Crippen LogP contribution < -0.4 is 10.6 Å². The first-order valence-electron chi connectivity index (χ1n) is 9.14. The smallest absolute Gasteiger partial charge is 0.290 e. The van der Waals surface area contributed by atoms with E-state index in [2.05, 4.69) is 15.6 Å². The summed E-state index contributed by atoms with van der Waals surface area (Å²) < 4.78 is 6.61. The number of carbonyl (C=O) groups excluding carboxylic acids is 2. The van der Waals surface area contributed by atoms with Crippen molar-refractivity contribution in [3.63, 3.8) is 0 Å². The van der Waals surface area contributed by atoms with Gasteiger partial charge >= 0.3 is 0 Å². The van der Waals surface area contributed by atoms with Crippen LogP contribution in [0.25, 0.3) is 21.5 Å². The molecule has 158 valence electrons. The van der Waals surface area contributed by atoms with Gasteiger partial charge in [0.2, 0.25) is 0 Å². The van der Waals surface area contributed by atoms with Crippen molar-refractivity contribution in [1.29, 1.82) is 0 Å². The Kier molecular flexibility index (Phi) is 6.78. The first kappa shape index (κ1) is 21.7. The molecule has 0 spiro atoms. The average molecular weight is 437 g/mol. The van der Waals surface area contributed by atoms with E-state index >= 15 is 0 Å². The average Bonchev–Trinajstić information content (AvgIpc) is 3.40. The first-order valence-corrected chi connectivity index (χ1v) is 9.95. The molecular formula is C22H19N3O5S. The molecule has 3 N–H and O–H groups in total. The third kappa shape index (κ3) is 5.14. The maximum Gasteiger partial charge on any atom is 0.290 e. The van der Waals surface area contributed by atoms with Crippen molar-refractivity contribution in [2.45, 2.75) is 6.92 Å². The summed E-state index contributed by atoms with van der Waals surface area (Å²) in [5.74, 6) is 0.227. The highest BCUT2D eigenvalue weighted by Crippen LogP contribution is 2.26. The van der Waals surface area contributed by atoms with Crippen LogP contribution in [0.15, 0.2) is 59.0 Å². The van der Waals surface area contributed by atoms with E-state index in [-0.39, 0.29) is 24.0 Å². The van der Waals surface area contributed by atoms with E-state index in [1.54, 1.807) is 48.7 Å². The zero-order valence-corrected chi connectivity index (χ0v) is 17.5. The number of nitrogens with one attached hydrogen (secondary N) is 2. The summed E-state index contributed by atoms with van der Waals surface area (Å²) in [5.41, 5.74) is 2.85. The molecule has 2 aromatic heterocycles. The third-order valence-electron chi connectivity index (χ3n) is 4.22. The van der Waals surface area contributed by atoms with E-state index in [9.17, 15) is 9.59 Å². The third-order valence-corrected chi connectivity index (χ3v) is 5.15. The van der Waals surface area contributed by atoms with Crippen molar-refractivity contribution in [1.82, 2.24) is 10.3 Å². The highest BCUT2D eigenvalue weighted by molar-refractivity contribution is 7.18. The molecule has 0 fully saturated rings. The molecule has 4 aromatic rings. The van der Waals surface area contributed by atoms with Crippen LogP contribution in [-0.4, -0.2) is 35.4 Å². The van der Waals surface area contributed by atoms with E-state index in [0.29, 0.717) is 17.0 Å². The minimum atomic E-state index is -0.297. The maximum absolute atomic E-state index is 12.7. The molecule has 0 unspecified atom stereocenters. The SMILES string of the molecule is CNC(=O)c1ccc(-c2cccc(C(=O)Nc3ccc4nc(C)sc4c3)c2)o1.O=CO. The number of anilines is 1. The van der Waals surface area contributed by atoms with Gasteiger partial charge in [-0.25, -0.2) is 4.98 Å². The Hall–Kier alpha value is -3.98. The summed E-state index contributed by atoms with van der Waals surface area (Å²) >= 11 is 1.59. The molecule has 0 aliphatic heterocycles. The second-order valence-electron chi connectivity index (χ2n) is 6.30. The Morgan fingerprint density at radius 2 is 1.87 bits per heavy atom. The number of carboxylic acid groups (broad SMARTS) is 1. The quantitative estimate of drug-likeness (QED) is 0.412. The highest BCUT2D eigenvalue weighted by Gasteiger charge is 2.13. The summed E-state index contributed by atoms with van der Waals surface area (Å²) in [6, 6.07) is 16.0. The first-order chi connectivity index (χ1) is 14.9. The van der Waals surface area contributed by atoms with Crippen molar-refractivity contribution in [2.24, 2.45) is 0 Å². The van der Waals surface area contributed by atoms with Crippen molar-refractivity contribution in [3.05, 3.63) is 70.9 Å². The van der Waals surface area contributed by atoms with Gasteiger partial charge < -0.3 is 20.2 Å². The van der Waals surface area contributed by atoms with Crippen molar-refractivity contribution < 1.29 is 23.9 Å². The second-order valence-corrected chi connectivity index (χ2v) is 7.53. The molecule has 0 aliphatic carbocycles. The molecule has 4 rings (SSSR count). The molecule has 0 aliphatic rings. The molecule has 0 saturated carbocycles. The fourth-order valence-electron chi connectivity index (χ4n) is 2.87. The Bertz CT molecular complexity index is 1240. The van der Waals surface area contributed by atoms with Crippen LogP contribution in [0.3, 0.4) is 0 Å². The molecule has 0 saturated heterocycles. The largest absolute Gasteiger partial charge is 0.483 e. The van der Waals surface area contributed by atoms with Gasteiger partial charge in [0.1, 0.15) is 5.76 Å². The monoisotopic (exact) mass is 437 g/mol. The molecule has 0 radical (unpaired) electrons. The number of furan rings is 1. The van der Waals surface area contributed by atoms with E-state index in [4.69, 9.17) is 14.3 Å². The Morgan fingerprint density at radius 1 is 1.10 bits per heavy atom. The zero-order chi connectivity index (χ0) is 22.4. The van der Waals surface area contributed by atoms with Crippen LogP contribution >= 0.6 is 11.3 Å². The molecule has 2 amide bonds. The van der Waals surface area contributed by atoms with Gasteiger partial charge in [0.05, 0.1) is 15.2 Å². The summed E-state index contributed by atoms with van der Waals surface area (Å²) in [6.07, 6.45) is 0. The van der Waals surface area contributed by atoms with E-state index in [1.165, 1.54) is 0 Å². The van der Waals surface area contributed by atoms with Gasteiger partial charge in [-0.2, -0.15) is 0 Å². The Labute approximate surface area is 181 Å². The van der Waals surface area contributed by atoms with Crippen LogP contribution in [-0.2, 0) is 4.79 Å². The molecule has 2 heterocycles. The van der Waals surface area contributed by atoms with Gasteiger partial charge in [-0.3, -0.25) is 14.4 Å². The summed E-state index contributed by atoms with van der Waals surface area (Å²) in [5, 5.41) is 13.3. The van der Waals surface area contributed by atoms with Gasteiger partial charge in [-0.05, 0) is 49.4 Å². The van der Waals surface area contributed by atoms with E-state index < -0.39 is 0 Å². The van der Waals surface area contributed by atoms with E-state index in [0.717, 1.165) is 20.8 Å². The topological polar surface area (TPSA) is 122 Å². The predicted octanol–water partition coefficient (Wildman–Crippen LogP) is 4.18. The number of thiazole rings is 1. The summed E-state index contributed by atoms with van der Waals surface area (Å²) in [7, 11) is 1.54.